The maximum Gasteiger partial charge on any atom is 0.262 e. The minimum atomic E-state index is -0.607. The summed E-state index contributed by atoms with van der Waals surface area (Å²) in [5.41, 5.74) is 6.89. The zero-order valence-corrected chi connectivity index (χ0v) is 11.8. The molecule has 0 saturated carbocycles. The van der Waals surface area contributed by atoms with Gasteiger partial charge in [0.15, 0.2) is 0 Å². The van der Waals surface area contributed by atoms with E-state index in [2.05, 4.69) is 5.32 Å². The molecule has 3 N–H and O–H groups in total. The fourth-order valence-corrected chi connectivity index (χ4v) is 2.50. The van der Waals surface area contributed by atoms with Crippen LogP contribution in [-0.4, -0.2) is 23.5 Å². The van der Waals surface area contributed by atoms with Gasteiger partial charge in [0, 0.05) is 13.2 Å². The first-order valence-corrected chi connectivity index (χ1v) is 6.52. The second kappa shape index (κ2) is 5.12. The maximum absolute atomic E-state index is 12.3. The molecule has 112 valence electrons. The second-order valence-electron chi connectivity index (χ2n) is 4.88. The van der Waals surface area contributed by atoms with E-state index >= 15 is 0 Å². The number of methoxy groups -OCH3 is 1. The van der Waals surface area contributed by atoms with Crippen molar-refractivity contribution in [1.82, 2.24) is 9.88 Å². The second-order valence-corrected chi connectivity index (χ2v) is 4.88. The van der Waals surface area contributed by atoms with Gasteiger partial charge in [-0.25, -0.2) is 0 Å². The van der Waals surface area contributed by atoms with Crippen LogP contribution in [0.5, 0.6) is 0 Å². The van der Waals surface area contributed by atoms with Gasteiger partial charge in [0.1, 0.15) is 5.82 Å². The van der Waals surface area contributed by atoms with Crippen molar-refractivity contribution in [1.29, 1.82) is 0 Å². The Bertz CT molecular complexity index is 854. The molecule has 2 heterocycles. The quantitative estimate of drug-likeness (QED) is 0.801. The molecule has 2 amide bonds. The van der Waals surface area contributed by atoms with Gasteiger partial charge >= 0.3 is 0 Å². The summed E-state index contributed by atoms with van der Waals surface area (Å²) in [6, 6.07) is 8.15. The molecule has 3 rings (SSSR count). The highest BCUT2D eigenvalue weighted by atomic mass is 16.5. The molecule has 1 aliphatic heterocycles. The van der Waals surface area contributed by atoms with Crippen LogP contribution in [-0.2, 0) is 11.3 Å². The first kappa shape index (κ1) is 14.0. The largest absolute Gasteiger partial charge is 0.384 e. The minimum Gasteiger partial charge on any atom is -0.384 e. The first-order chi connectivity index (χ1) is 10.5. The van der Waals surface area contributed by atoms with Crippen LogP contribution in [0, 0.1) is 0 Å². The number of carbonyl (C=O) groups excluding carboxylic acids is 2. The van der Waals surface area contributed by atoms with Gasteiger partial charge in [-0.2, -0.15) is 0 Å². The van der Waals surface area contributed by atoms with Crippen molar-refractivity contribution >= 4 is 17.6 Å². The normalized spacial score (nSPS) is 13.1. The van der Waals surface area contributed by atoms with E-state index in [-0.39, 0.29) is 16.9 Å². The Balaban J connectivity index is 2.23. The fraction of sp³-hybridized carbons (Fsp3) is 0.133. The van der Waals surface area contributed by atoms with E-state index in [4.69, 9.17) is 10.5 Å². The van der Waals surface area contributed by atoms with Crippen molar-refractivity contribution in [2.75, 3.05) is 12.8 Å². The van der Waals surface area contributed by atoms with E-state index < -0.39 is 17.4 Å². The van der Waals surface area contributed by atoms with Gasteiger partial charge in [0.25, 0.3) is 17.4 Å². The molecule has 0 unspecified atom stereocenters. The number of amides is 2. The van der Waals surface area contributed by atoms with Crippen molar-refractivity contribution in [2.24, 2.45) is 0 Å². The molecule has 1 aliphatic rings. The number of nitrogen functional groups attached to an aromatic ring is 1. The lowest BCUT2D eigenvalue weighted by atomic mass is 10.1. The van der Waals surface area contributed by atoms with Crippen molar-refractivity contribution in [3.63, 3.8) is 0 Å². The summed E-state index contributed by atoms with van der Waals surface area (Å²) in [5.74, 6) is -1.26. The third-order valence-corrected chi connectivity index (χ3v) is 3.43. The SMILES string of the molecule is COCc1cccc(-n2c(N)c3c(cc2=O)C(=O)NC3=O)c1. The smallest absolute Gasteiger partial charge is 0.262 e. The molecule has 2 aromatic rings. The van der Waals surface area contributed by atoms with E-state index in [1.54, 1.807) is 25.3 Å². The van der Waals surface area contributed by atoms with Crippen molar-refractivity contribution < 1.29 is 14.3 Å². The molecule has 7 heteroatoms. The molecule has 0 bridgehead atoms. The molecule has 1 aromatic heterocycles. The summed E-state index contributed by atoms with van der Waals surface area (Å²) in [6.45, 7) is 0.381. The number of anilines is 1. The summed E-state index contributed by atoms with van der Waals surface area (Å²) in [7, 11) is 1.57. The average molecular weight is 299 g/mol. The lowest BCUT2D eigenvalue weighted by Crippen LogP contribution is -2.24. The van der Waals surface area contributed by atoms with Gasteiger partial charge in [0.2, 0.25) is 0 Å². The predicted octanol–water partition coefficient (Wildman–Crippen LogP) is 0.450. The Kier molecular flexibility index (Phi) is 3.26. The first-order valence-electron chi connectivity index (χ1n) is 6.52. The van der Waals surface area contributed by atoms with Crippen molar-refractivity contribution in [3.8, 4) is 5.69 Å². The predicted molar refractivity (Wildman–Crippen MR) is 79.0 cm³/mol. The van der Waals surface area contributed by atoms with E-state index in [0.29, 0.717) is 12.3 Å². The van der Waals surface area contributed by atoms with Gasteiger partial charge < -0.3 is 10.5 Å². The fourth-order valence-electron chi connectivity index (χ4n) is 2.50. The summed E-state index contributed by atoms with van der Waals surface area (Å²) >= 11 is 0. The highest BCUT2D eigenvalue weighted by Gasteiger charge is 2.31. The average Bonchev–Trinajstić information content (AvgIpc) is 2.74. The molecule has 0 atom stereocenters. The maximum atomic E-state index is 12.3. The van der Waals surface area contributed by atoms with Gasteiger partial charge in [-0.05, 0) is 17.7 Å². The van der Waals surface area contributed by atoms with E-state index in [1.807, 2.05) is 6.07 Å². The monoisotopic (exact) mass is 299 g/mol. The van der Waals surface area contributed by atoms with Crippen molar-refractivity contribution in [2.45, 2.75) is 6.61 Å². The number of rotatable bonds is 3. The van der Waals surface area contributed by atoms with Crippen LogP contribution in [0.3, 0.4) is 0 Å². The molecule has 7 nitrogen and oxygen atoms in total. The van der Waals surface area contributed by atoms with Crippen molar-refractivity contribution in [3.05, 3.63) is 57.4 Å². The van der Waals surface area contributed by atoms with E-state index in [1.165, 1.54) is 4.57 Å². The van der Waals surface area contributed by atoms with E-state index in [0.717, 1.165) is 11.6 Å². The number of nitrogens with one attached hydrogen (secondary N) is 1. The Morgan fingerprint density at radius 1 is 1.18 bits per heavy atom. The molecule has 22 heavy (non-hydrogen) atoms. The molecule has 0 aliphatic carbocycles. The summed E-state index contributed by atoms with van der Waals surface area (Å²) in [4.78, 5) is 35.7. The van der Waals surface area contributed by atoms with E-state index in [9.17, 15) is 14.4 Å². The Morgan fingerprint density at radius 3 is 2.68 bits per heavy atom. The van der Waals surface area contributed by atoms with Crippen LogP contribution < -0.4 is 16.6 Å². The third kappa shape index (κ3) is 2.08. The topological polar surface area (TPSA) is 103 Å². The number of hydrogen-bond acceptors (Lipinski definition) is 5. The molecule has 1 aromatic carbocycles. The Hall–Kier alpha value is -2.93. The van der Waals surface area contributed by atoms with Crippen LogP contribution in [0.2, 0.25) is 0 Å². The third-order valence-electron chi connectivity index (χ3n) is 3.43. The number of fused-ring (bicyclic) bond motifs is 1. The molecular formula is C15H13N3O4. The van der Waals surface area contributed by atoms with Crippen LogP contribution in [0.4, 0.5) is 5.82 Å². The Morgan fingerprint density at radius 2 is 1.95 bits per heavy atom. The molecule has 0 saturated heterocycles. The van der Waals surface area contributed by atoms with Gasteiger partial charge in [-0.15, -0.1) is 0 Å². The summed E-state index contributed by atoms with van der Waals surface area (Å²) < 4.78 is 6.26. The zero-order chi connectivity index (χ0) is 15.9. The lowest BCUT2D eigenvalue weighted by Gasteiger charge is -2.12. The lowest BCUT2D eigenvalue weighted by molar-refractivity contribution is 0.0880. The van der Waals surface area contributed by atoms with Crippen LogP contribution in [0.1, 0.15) is 26.3 Å². The zero-order valence-electron chi connectivity index (χ0n) is 11.8. The number of ether oxygens (including phenoxy) is 1. The number of nitrogens with zero attached hydrogens (tertiary/aromatic N) is 1. The Labute approximate surface area is 125 Å². The highest BCUT2D eigenvalue weighted by molar-refractivity contribution is 6.23. The molecular weight excluding hydrogens is 286 g/mol. The number of carbonyl (C=O) groups is 2. The summed E-state index contributed by atoms with van der Waals surface area (Å²) in [5, 5.41) is 2.13. The number of imide groups is 1. The number of nitrogens with two attached hydrogens (primary N) is 1. The number of pyridine rings is 1. The molecule has 0 fully saturated rings. The van der Waals surface area contributed by atoms with Crippen LogP contribution in [0.25, 0.3) is 5.69 Å². The van der Waals surface area contributed by atoms with Gasteiger partial charge in [-0.1, -0.05) is 12.1 Å². The standard InChI is InChI=1S/C15H13N3O4/c1-22-7-8-3-2-4-9(5-8)18-11(19)6-10-12(13(18)16)15(21)17-14(10)20/h2-6H,7,16H2,1H3,(H,17,20,21). The van der Waals surface area contributed by atoms with Crippen LogP contribution in [0.15, 0.2) is 35.1 Å². The van der Waals surface area contributed by atoms with Crippen LogP contribution >= 0.6 is 0 Å². The molecule has 0 spiro atoms. The van der Waals surface area contributed by atoms with Gasteiger partial charge in [0.05, 0.1) is 23.4 Å². The number of benzene rings is 1. The summed E-state index contributed by atoms with van der Waals surface area (Å²) in [6.07, 6.45) is 0. The highest BCUT2D eigenvalue weighted by Crippen LogP contribution is 2.23. The number of hydrogen-bond donors (Lipinski definition) is 2. The number of aromatic nitrogens is 1. The molecule has 0 radical (unpaired) electrons. The minimum absolute atomic E-state index is 0.0109. The van der Waals surface area contributed by atoms with Gasteiger partial charge in [-0.3, -0.25) is 24.3 Å².